The van der Waals surface area contributed by atoms with Crippen LogP contribution in [-0.4, -0.2) is 21.5 Å². The van der Waals surface area contributed by atoms with Crippen molar-refractivity contribution in [1.82, 2.24) is 0 Å². The number of rotatable bonds is 1. The van der Waals surface area contributed by atoms with E-state index < -0.39 is 0 Å². The third-order valence-corrected chi connectivity index (χ3v) is 0.744. The topological polar surface area (TPSA) is 44.0 Å². The molecule has 0 radical (unpaired) electrons. The van der Waals surface area contributed by atoms with Crippen LogP contribution in [0, 0.1) is 20.4 Å². The summed E-state index contributed by atoms with van der Waals surface area (Å²) in [6.45, 7) is 9.12. The van der Waals surface area contributed by atoms with E-state index in [4.69, 9.17) is 10.8 Å². The Bertz CT molecular complexity index is 163. The molecule has 0 aromatic carbocycles. The van der Waals surface area contributed by atoms with Crippen molar-refractivity contribution in [2.75, 3.05) is 6.61 Å². The minimum absolute atomic E-state index is 0. The summed E-state index contributed by atoms with van der Waals surface area (Å²) in [6, 6.07) is 0. The Morgan fingerprint density at radius 2 is 1.68 bits per heavy atom. The zero-order valence-corrected chi connectivity index (χ0v) is 16.6. The fourth-order valence-corrected chi connectivity index (χ4v) is 0.340. The van der Waals surface area contributed by atoms with Crippen molar-refractivity contribution < 1.29 is 29.3 Å². The van der Waals surface area contributed by atoms with Gasteiger partial charge < -0.3 is 25.2 Å². The van der Waals surface area contributed by atoms with Gasteiger partial charge in [-0.15, -0.1) is 36.8 Å². The van der Waals surface area contributed by atoms with Crippen molar-refractivity contribution in [3.63, 3.8) is 0 Å². The molecule has 0 saturated carbocycles. The van der Waals surface area contributed by atoms with Crippen molar-refractivity contribution >= 4 is 29.0 Å². The van der Waals surface area contributed by atoms with Crippen molar-refractivity contribution in [3.8, 4) is 0 Å². The Morgan fingerprint density at radius 1 is 1.37 bits per heavy atom. The van der Waals surface area contributed by atoms with Crippen LogP contribution < -0.4 is 0 Å². The van der Waals surface area contributed by atoms with Gasteiger partial charge >= 0.3 is 28.4 Å². The second-order valence-electron chi connectivity index (χ2n) is 3.83. The van der Waals surface area contributed by atoms with Crippen LogP contribution in [0.15, 0.2) is 18.2 Å². The molecule has 1 aliphatic carbocycles. The van der Waals surface area contributed by atoms with E-state index >= 15 is 0 Å². The predicted octanol–water partition coefficient (Wildman–Crippen LogP) is 4.60. The van der Waals surface area contributed by atoms with Gasteiger partial charge in [0.25, 0.3) is 0 Å². The first-order valence-electron chi connectivity index (χ1n) is 5.14. The van der Waals surface area contributed by atoms with Crippen molar-refractivity contribution in [2.45, 2.75) is 39.2 Å². The molecule has 19 heavy (non-hydrogen) atoms. The van der Waals surface area contributed by atoms with E-state index in [1.54, 1.807) is 0 Å². The van der Waals surface area contributed by atoms with E-state index in [-0.39, 0.29) is 44.4 Å². The minimum Gasteiger partial charge on any atom is -0.358 e. The summed E-state index contributed by atoms with van der Waals surface area (Å²) >= 11 is 1.30. The number of aliphatic hydroxyl groups excluding tert-OH is 1. The molecule has 0 aromatic rings. The fourth-order valence-electron chi connectivity index (χ4n) is 0.340. The molecular formula is C14H29Cl2NOZr-4. The Morgan fingerprint density at radius 3 is 1.74 bits per heavy atom. The molecule has 0 aliphatic heterocycles. The van der Waals surface area contributed by atoms with Crippen molar-refractivity contribution in [1.29, 1.82) is 0 Å². The standard InChI is InChI=1S/C5H5.C4H10N.C3H7O.CH3.CH2.2ClH.Zr/c1-2-4-5-3-1;1-4(2,3)5;1-2-3-4;;;;;/h1-3H,4H2;5H,1-3H3;4H,1-3H2;1H3;1H2;2*1H;/q4*-1;;;;. The van der Waals surface area contributed by atoms with Crippen LogP contribution in [0.25, 0.3) is 5.73 Å². The predicted molar refractivity (Wildman–Crippen MR) is 90.7 cm³/mol. The Hall–Kier alpha value is 0.733. The molecule has 118 valence electrons. The van der Waals surface area contributed by atoms with Crippen LogP contribution in [0.1, 0.15) is 33.6 Å². The molecule has 0 unspecified atom stereocenters. The van der Waals surface area contributed by atoms with Gasteiger partial charge in [-0.05, 0) is 0 Å². The third-order valence-electron chi connectivity index (χ3n) is 0.744. The molecule has 1 rings (SSSR count). The Labute approximate surface area is 148 Å². The van der Waals surface area contributed by atoms with Crippen molar-refractivity contribution in [2.24, 2.45) is 0 Å². The first-order chi connectivity index (χ1) is 7.41. The van der Waals surface area contributed by atoms with Gasteiger partial charge in [-0.1, -0.05) is 20.8 Å². The van der Waals surface area contributed by atoms with Gasteiger partial charge in [0.1, 0.15) is 0 Å². The summed E-state index contributed by atoms with van der Waals surface area (Å²) in [5.74, 6) is 0. The van der Waals surface area contributed by atoms with E-state index in [9.17, 15) is 0 Å². The average molecular weight is 390 g/mol. The van der Waals surface area contributed by atoms with Crippen LogP contribution in [0.3, 0.4) is 0 Å². The van der Waals surface area contributed by atoms with Crippen LogP contribution >= 0.6 is 24.8 Å². The molecule has 1 aliphatic rings. The molecule has 0 amide bonds. The zero-order chi connectivity index (χ0) is 13.4. The molecule has 0 saturated heterocycles. The molecule has 2 nitrogen and oxygen atoms in total. The summed E-state index contributed by atoms with van der Waals surface area (Å²) in [6.07, 6.45) is 10.6. The Balaban J connectivity index is -0.0000000293. The van der Waals surface area contributed by atoms with E-state index in [1.165, 1.54) is 24.2 Å². The maximum atomic E-state index is 7.81. The van der Waals surface area contributed by atoms with Gasteiger partial charge in [0, 0.05) is 6.61 Å². The fraction of sp³-hybridized carbons (Fsp3) is 0.500. The molecule has 2 N–H and O–H groups in total. The normalized spacial score (nSPS) is 9.53. The number of aliphatic hydroxyl groups is 1. The smallest absolute Gasteiger partial charge is 0.358 e. The van der Waals surface area contributed by atoms with Crippen LogP contribution in [-0.2, 0) is 24.2 Å². The first-order valence-corrected chi connectivity index (χ1v) is 6.88. The summed E-state index contributed by atoms with van der Waals surface area (Å²) in [5, 5.41) is 7.81. The van der Waals surface area contributed by atoms with Crippen LogP contribution in [0.4, 0.5) is 0 Å². The molecule has 5 heteroatoms. The van der Waals surface area contributed by atoms with Crippen molar-refractivity contribution in [3.05, 3.63) is 44.4 Å². The third kappa shape index (κ3) is 116. The van der Waals surface area contributed by atoms with Gasteiger partial charge in [-0.3, -0.25) is 6.08 Å². The molecule has 0 heterocycles. The maximum absolute atomic E-state index is 7.81. The number of hydrogen-bond acceptors (Lipinski definition) is 1. The van der Waals surface area contributed by atoms with Gasteiger partial charge in [0.05, 0.1) is 0 Å². The van der Waals surface area contributed by atoms with E-state index in [2.05, 4.69) is 23.3 Å². The van der Waals surface area contributed by atoms with Crippen LogP contribution in [0.2, 0.25) is 0 Å². The van der Waals surface area contributed by atoms with E-state index in [1.807, 2.05) is 32.9 Å². The van der Waals surface area contributed by atoms with Gasteiger partial charge in [-0.2, -0.15) is 12.5 Å². The SMILES string of the molecule is CC(C)(C)[NH-].Cl.Cl.[C-]1=CC=CC1.[CH2-]CCO.[CH2]=[Zr].[CH3-]. The quantitative estimate of drug-likeness (QED) is 0.654. The second kappa shape index (κ2) is 31.2. The average Bonchev–Trinajstić information content (AvgIpc) is 2.76. The molecule has 0 aromatic heterocycles. The summed E-state index contributed by atoms with van der Waals surface area (Å²) in [5.41, 5.74) is 6.69. The van der Waals surface area contributed by atoms with E-state index in [0.29, 0.717) is 6.42 Å². The number of nitrogens with one attached hydrogen (secondary N) is 1. The number of halogens is 2. The van der Waals surface area contributed by atoms with E-state index in [0.717, 1.165) is 6.42 Å². The molecule has 0 fully saturated rings. The number of hydrogen-bond donors (Lipinski definition) is 1. The Kier molecular flexibility index (Phi) is 60.4. The molecule has 0 spiro atoms. The monoisotopic (exact) mass is 387 g/mol. The minimum atomic E-state index is -0.250. The van der Waals surface area contributed by atoms with Gasteiger partial charge in [-0.25, -0.2) is 12.2 Å². The molecule has 0 atom stereocenters. The van der Waals surface area contributed by atoms with Gasteiger partial charge in [0.15, 0.2) is 0 Å². The summed E-state index contributed by atoms with van der Waals surface area (Å²) < 4.78 is 3.34. The zero-order valence-electron chi connectivity index (χ0n) is 12.5. The number of allylic oxidation sites excluding steroid dienone is 4. The summed E-state index contributed by atoms with van der Waals surface area (Å²) in [7, 11) is 0. The summed E-state index contributed by atoms with van der Waals surface area (Å²) in [4.78, 5) is 0. The largest absolute Gasteiger partial charge is 0.358 e. The van der Waals surface area contributed by atoms with Gasteiger partial charge in [0.2, 0.25) is 0 Å². The molecular weight excluding hydrogens is 360 g/mol. The second-order valence-corrected chi connectivity index (χ2v) is 3.83. The maximum Gasteiger partial charge on any atom is -0.358 e. The molecule has 0 bridgehead atoms. The van der Waals surface area contributed by atoms with Crippen LogP contribution in [0.5, 0.6) is 0 Å². The first kappa shape index (κ1) is 36.7.